The van der Waals surface area contributed by atoms with Gasteiger partial charge in [0.2, 0.25) is 0 Å². The van der Waals surface area contributed by atoms with Crippen LogP contribution in [0.25, 0.3) is 0 Å². The summed E-state index contributed by atoms with van der Waals surface area (Å²) >= 11 is 0. The molecule has 0 aliphatic carbocycles. The van der Waals surface area contributed by atoms with Crippen molar-refractivity contribution in [1.29, 1.82) is 0 Å². The summed E-state index contributed by atoms with van der Waals surface area (Å²) in [5, 5.41) is 8.86. The summed E-state index contributed by atoms with van der Waals surface area (Å²) in [6.07, 6.45) is 0. The smallest absolute Gasteiger partial charge is 0.0606 e. The monoisotopic (exact) mass is 193 g/mol. The predicted octanol–water partition coefficient (Wildman–Crippen LogP) is 1.21. The van der Waals surface area contributed by atoms with Crippen LogP contribution in [-0.4, -0.2) is 24.8 Å². The van der Waals surface area contributed by atoms with Crippen LogP contribution in [0.4, 0.5) is 11.4 Å². The van der Waals surface area contributed by atoms with Gasteiger partial charge in [0.15, 0.2) is 0 Å². The highest BCUT2D eigenvalue weighted by atomic mass is 16.3. The lowest BCUT2D eigenvalue weighted by Crippen LogP contribution is -2.26. The molecule has 3 N–H and O–H groups in total. The molecule has 0 bridgehead atoms. The van der Waals surface area contributed by atoms with Gasteiger partial charge in [-0.25, -0.2) is 0 Å². The lowest BCUT2D eigenvalue weighted by Gasteiger charge is -2.22. The Morgan fingerprint density at radius 2 is 2.21 bits per heavy atom. The fourth-order valence-electron chi connectivity index (χ4n) is 1.35. The summed E-state index contributed by atoms with van der Waals surface area (Å²) in [5.41, 5.74) is 8.62. The van der Waals surface area contributed by atoms with E-state index in [2.05, 4.69) is 6.92 Å². The summed E-state index contributed by atoms with van der Waals surface area (Å²) in [6, 6.07) is 5.84. The standard InChI is InChI=1S/C11H17N2O/c1-3-13(6-7-14)10-4-5-11(12)9(2)8-10/h4-5,8,14H,1,3,6-7,12H2,2H3. The van der Waals surface area contributed by atoms with Gasteiger partial charge < -0.3 is 15.7 Å². The van der Waals surface area contributed by atoms with Crippen LogP contribution in [-0.2, 0) is 0 Å². The Hall–Kier alpha value is -1.22. The van der Waals surface area contributed by atoms with Crippen molar-refractivity contribution in [3.8, 4) is 0 Å². The minimum atomic E-state index is 0.138. The van der Waals surface area contributed by atoms with Crippen LogP contribution in [0, 0.1) is 13.8 Å². The van der Waals surface area contributed by atoms with E-state index in [1.165, 1.54) is 0 Å². The Labute approximate surface area is 85.2 Å². The highest BCUT2D eigenvalue weighted by molar-refractivity contribution is 5.58. The third-order valence-corrected chi connectivity index (χ3v) is 2.26. The van der Waals surface area contributed by atoms with Crippen LogP contribution in [0.1, 0.15) is 5.56 Å². The maximum atomic E-state index is 8.86. The molecule has 0 heterocycles. The highest BCUT2D eigenvalue weighted by Gasteiger charge is 2.04. The summed E-state index contributed by atoms with van der Waals surface area (Å²) in [6.45, 7) is 7.17. The van der Waals surface area contributed by atoms with Crippen LogP contribution in [0.15, 0.2) is 18.2 Å². The number of hydrogen-bond acceptors (Lipinski definition) is 3. The first kappa shape index (κ1) is 10.9. The maximum Gasteiger partial charge on any atom is 0.0606 e. The van der Waals surface area contributed by atoms with Gasteiger partial charge in [-0.2, -0.15) is 0 Å². The van der Waals surface area contributed by atoms with Crippen molar-refractivity contribution >= 4 is 11.4 Å². The molecule has 0 atom stereocenters. The van der Waals surface area contributed by atoms with Crippen molar-refractivity contribution in [3.05, 3.63) is 30.7 Å². The lowest BCUT2D eigenvalue weighted by molar-refractivity contribution is 0.303. The van der Waals surface area contributed by atoms with Crippen LogP contribution >= 0.6 is 0 Å². The lowest BCUT2D eigenvalue weighted by atomic mass is 10.1. The van der Waals surface area contributed by atoms with E-state index in [9.17, 15) is 0 Å². The van der Waals surface area contributed by atoms with Crippen molar-refractivity contribution in [2.45, 2.75) is 6.92 Å². The average molecular weight is 193 g/mol. The van der Waals surface area contributed by atoms with E-state index in [4.69, 9.17) is 10.8 Å². The molecule has 0 aliphatic rings. The zero-order valence-corrected chi connectivity index (χ0v) is 8.53. The summed E-state index contributed by atoms with van der Waals surface area (Å²) in [7, 11) is 0. The van der Waals surface area contributed by atoms with E-state index in [1.807, 2.05) is 30.0 Å². The molecule has 0 saturated heterocycles. The van der Waals surface area contributed by atoms with Gasteiger partial charge in [-0.05, 0) is 37.6 Å². The number of hydrogen-bond donors (Lipinski definition) is 2. The molecule has 0 aromatic heterocycles. The molecule has 0 aliphatic heterocycles. The molecule has 1 aromatic carbocycles. The van der Waals surface area contributed by atoms with Crippen LogP contribution in [0.3, 0.4) is 0 Å². The molecular formula is C11H17N2O. The average Bonchev–Trinajstić information content (AvgIpc) is 2.19. The van der Waals surface area contributed by atoms with Crippen molar-refractivity contribution in [2.75, 3.05) is 30.3 Å². The quantitative estimate of drug-likeness (QED) is 0.707. The van der Waals surface area contributed by atoms with Gasteiger partial charge in [0.1, 0.15) is 0 Å². The van der Waals surface area contributed by atoms with E-state index in [0.29, 0.717) is 13.1 Å². The number of nitrogen functional groups attached to an aromatic ring is 1. The summed E-state index contributed by atoms with van der Waals surface area (Å²) < 4.78 is 0. The number of anilines is 2. The van der Waals surface area contributed by atoms with E-state index < -0.39 is 0 Å². The van der Waals surface area contributed by atoms with Gasteiger partial charge in [0.05, 0.1) is 6.61 Å². The Balaban J connectivity index is 2.88. The zero-order valence-electron chi connectivity index (χ0n) is 8.53. The molecule has 0 unspecified atom stereocenters. The fraction of sp³-hybridized carbons (Fsp3) is 0.364. The van der Waals surface area contributed by atoms with Crippen LogP contribution < -0.4 is 10.6 Å². The van der Waals surface area contributed by atoms with Gasteiger partial charge in [-0.15, -0.1) is 0 Å². The molecule has 3 nitrogen and oxygen atoms in total. The molecule has 1 aromatic rings. The molecule has 77 valence electrons. The SMILES string of the molecule is [CH2]CN(CCO)c1ccc(N)c(C)c1. The third kappa shape index (κ3) is 2.39. The molecule has 0 saturated carbocycles. The second-order valence-corrected chi connectivity index (χ2v) is 3.25. The topological polar surface area (TPSA) is 49.5 Å². The third-order valence-electron chi connectivity index (χ3n) is 2.26. The first-order valence-electron chi connectivity index (χ1n) is 4.70. The van der Waals surface area contributed by atoms with E-state index >= 15 is 0 Å². The molecule has 0 spiro atoms. The minimum Gasteiger partial charge on any atom is -0.399 e. The number of aliphatic hydroxyl groups excluding tert-OH is 1. The normalized spacial score (nSPS) is 10.2. The van der Waals surface area contributed by atoms with Gasteiger partial charge in [-0.1, -0.05) is 0 Å². The molecule has 0 fully saturated rings. The van der Waals surface area contributed by atoms with E-state index in [1.54, 1.807) is 0 Å². The molecule has 1 radical (unpaired) electrons. The molecule has 14 heavy (non-hydrogen) atoms. The molecular weight excluding hydrogens is 176 g/mol. The highest BCUT2D eigenvalue weighted by Crippen LogP contribution is 2.19. The second-order valence-electron chi connectivity index (χ2n) is 3.25. The Morgan fingerprint density at radius 1 is 1.50 bits per heavy atom. The van der Waals surface area contributed by atoms with Gasteiger partial charge in [0, 0.05) is 24.5 Å². The van der Waals surface area contributed by atoms with E-state index in [0.717, 1.165) is 16.9 Å². The summed E-state index contributed by atoms with van der Waals surface area (Å²) in [5.74, 6) is 0. The summed E-state index contributed by atoms with van der Waals surface area (Å²) in [4.78, 5) is 2.01. The minimum absolute atomic E-state index is 0.138. The Morgan fingerprint density at radius 3 is 2.71 bits per heavy atom. The number of nitrogens with two attached hydrogens (primary N) is 1. The number of rotatable bonds is 4. The largest absolute Gasteiger partial charge is 0.399 e. The molecule has 0 amide bonds. The first-order valence-corrected chi connectivity index (χ1v) is 4.70. The van der Waals surface area contributed by atoms with Crippen molar-refractivity contribution in [1.82, 2.24) is 0 Å². The number of nitrogens with zero attached hydrogens (tertiary/aromatic N) is 1. The molecule has 3 heteroatoms. The first-order chi connectivity index (χ1) is 6.69. The van der Waals surface area contributed by atoms with Gasteiger partial charge in [-0.3, -0.25) is 0 Å². The van der Waals surface area contributed by atoms with Crippen LogP contribution in [0.5, 0.6) is 0 Å². The zero-order chi connectivity index (χ0) is 10.6. The van der Waals surface area contributed by atoms with Gasteiger partial charge >= 0.3 is 0 Å². The Kier molecular flexibility index (Phi) is 3.77. The maximum absolute atomic E-state index is 8.86. The van der Waals surface area contributed by atoms with Crippen molar-refractivity contribution < 1.29 is 5.11 Å². The Bertz CT molecular complexity index is 299. The fourth-order valence-corrected chi connectivity index (χ4v) is 1.35. The number of benzene rings is 1. The number of aryl methyl sites for hydroxylation is 1. The van der Waals surface area contributed by atoms with E-state index in [-0.39, 0.29) is 6.61 Å². The van der Waals surface area contributed by atoms with Crippen LogP contribution in [0.2, 0.25) is 0 Å². The number of aliphatic hydroxyl groups is 1. The van der Waals surface area contributed by atoms with Crippen molar-refractivity contribution in [3.63, 3.8) is 0 Å². The molecule has 1 rings (SSSR count). The van der Waals surface area contributed by atoms with Crippen molar-refractivity contribution in [2.24, 2.45) is 0 Å². The predicted molar refractivity (Wildman–Crippen MR) is 60.2 cm³/mol. The van der Waals surface area contributed by atoms with Gasteiger partial charge in [0.25, 0.3) is 0 Å². The second kappa shape index (κ2) is 4.86.